The summed E-state index contributed by atoms with van der Waals surface area (Å²) >= 11 is 0. The van der Waals surface area contributed by atoms with Gasteiger partial charge in [-0.1, -0.05) is 0 Å². The predicted octanol–water partition coefficient (Wildman–Crippen LogP) is -1.49. The van der Waals surface area contributed by atoms with Crippen LogP contribution in [-0.2, 0) is 21.8 Å². The highest BCUT2D eigenvalue weighted by Gasteiger charge is 2.27. The van der Waals surface area contributed by atoms with Crippen LogP contribution in [0.5, 0.6) is 0 Å². The maximum absolute atomic E-state index is 12.4. The molecule has 9 heteroatoms. The fraction of sp³-hybridized carbons (Fsp3) is 0.545. The van der Waals surface area contributed by atoms with Gasteiger partial charge in [0.15, 0.2) is 0 Å². The molecule has 1 atom stereocenters. The van der Waals surface area contributed by atoms with E-state index in [0.717, 1.165) is 0 Å². The van der Waals surface area contributed by atoms with Crippen LogP contribution in [0.4, 0.5) is 0 Å². The molecule has 2 rings (SSSR count). The van der Waals surface area contributed by atoms with Crippen molar-refractivity contribution < 1.29 is 23.1 Å². The lowest BCUT2D eigenvalue weighted by Crippen LogP contribution is -2.47. The lowest BCUT2D eigenvalue weighted by atomic mass is 10.2. The number of amides is 1. The van der Waals surface area contributed by atoms with Crippen molar-refractivity contribution in [2.24, 2.45) is 12.2 Å². The summed E-state index contributed by atoms with van der Waals surface area (Å²) in [6.07, 6.45) is 0.887. The zero-order valence-electron chi connectivity index (χ0n) is 11.0. The minimum atomic E-state index is -3.84. The van der Waals surface area contributed by atoms with Crippen molar-refractivity contribution in [1.29, 1.82) is 0 Å². The molecule has 0 spiro atoms. The summed E-state index contributed by atoms with van der Waals surface area (Å²) in [5.74, 6) is -0.316. The van der Waals surface area contributed by atoms with E-state index in [1.165, 1.54) is 21.7 Å². The van der Waals surface area contributed by atoms with Crippen molar-refractivity contribution in [3.63, 3.8) is 0 Å². The molecule has 20 heavy (non-hydrogen) atoms. The van der Waals surface area contributed by atoms with Crippen LogP contribution in [0.3, 0.4) is 0 Å². The van der Waals surface area contributed by atoms with Gasteiger partial charge in [0.2, 0.25) is 10.0 Å². The minimum Gasteiger partial charge on any atom is -0.394 e. The first kappa shape index (κ1) is 15.0. The molecule has 1 aliphatic heterocycles. The van der Waals surface area contributed by atoms with Gasteiger partial charge in [0, 0.05) is 26.3 Å². The van der Waals surface area contributed by atoms with E-state index in [2.05, 4.69) is 0 Å². The highest BCUT2D eigenvalue weighted by molar-refractivity contribution is 7.89. The van der Waals surface area contributed by atoms with Gasteiger partial charge in [0.25, 0.3) is 5.91 Å². The largest absolute Gasteiger partial charge is 0.394 e. The molecular formula is C11H17N3O5S. The number of carbonyl (C=O) groups is 1. The van der Waals surface area contributed by atoms with Crippen molar-refractivity contribution in [2.75, 3.05) is 26.3 Å². The molecule has 1 fully saturated rings. The quantitative estimate of drug-likeness (QED) is 0.705. The Hall–Kier alpha value is -1.42. The van der Waals surface area contributed by atoms with E-state index in [1.807, 2.05) is 0 Å². The maximum atomic E-state index is 12.4. The molecule has 1 aliphatic rings. The zero-order valence-corrected chi connectivity index (χ0v) is 11.8. The number of morpholine rings is 1. The van der Waals surface area contributed by atoms with Crippen LogP contribution >= 0.6 is 0 Å². The van der Waals surface area contributed by atoms with Gasteiger partial charge >= 0.3 is 0 Å². The molecule has 0 aliphatic carbocycles. The normalized spacial score (nSPS) is 20.1. The second-order valence-electron chi connectivity index (χ2n) is 4.64. The number of nitrogens with two attached hydrogens (primary N) is 1. The van der Waals surface area contributed by atoms with E-state index >= 15 is 0 Å². The molecule has 2 heterocycles. The standard InChI is InChI=1S/C11H17N3O5S/c1-13-6-9(20(12,17)18)4-10(13)11(16)14-2-3-19-8(5-14)7-15/h4,6,8,15H,2-3,5,7H2,1H3,(H2,12,17,18). The Bertz CT molecular complexity index is 610. The smallest absolute Gasteiger partial charge is 0.270 e. The van der Waals surface area contributed by atoms with Gasteiger partial charge in [-0.25, -0.2) is 13.6 Å². The summed E-state index contributed by atoms with van der Waals surface area (Å²) in [7, 11) is -2.27. The third-order valence-corrected chi connectivity index (χ3v) is 4.04. The number of aliphatic hydroxyl groups excluding tert-OH is 1. The van der Waals surface area contributed by atoms with Gasteiger partial charge < -0.3 is 19.3 Å². The molecule has 112 valence electrons. The van der Waals surface area contributed by atoms with E-state index in [9.17, 15) is 13.2 Å². The number of aromatic nitrogens is 1. The number of hydrogen-bond acceptors (Lipinski definition) is 5. The summed E-state index contributed by atoms with van der Waals surface area (Å²) in [5, 5.41) is 14.1. The molecule has 1 saturated heterocycles. The maximum Gasteiger partial charge on any atom is 0.270 e. The summed E-state index contributed by atoms with van der Waals surface area (Å²) in [5.41, 5.74) is 0.229. The Kier molecular flexibility index (Phi) is 4.14. The topological polar surface area (TPSA) is 115 Å². The lowest BCUT2D eigenvalue weighted by molar-refractivity contribution is -0.0449. The number of ether oxygens (including phenoxy) is 1. The molecule has 0 saturated carbocycles. The minimum absolute atomic E-state index is 0.102. The van der Waals surface area contributed by atoms with Crippen molar-refractivity contribution >= 4 is 15.9 Å². The first-order chi connectivity index (χ1) is 9.32. The monoisotopic (exact) mass is 303 g/mol. The van der Waals surface area contributed by atoms with E-state index in [-0.39, 0.29) is 29.6 Å². The Labute approximate surface area is 116 Å². The first-order valence-corrected chi connectivity index (χ1v) is 7.58. The van der Waals surface area contributed by atoms with Crippen LogP contribution in [0.25, 0.3) is 0 Å². The fourth-order valence-electron chi connectivity index (χ4n) is 2.08. The van der Waals surface area contributed by atoms with Gasteiger partial charge in [-0.15, -0.1) is 0 Å². The van der Waals surface area contributed by atoms with Crippen molar-refractivity contribution in [1.82, 2.24) is 9.47 Å². The third-order valence-electron chi connectivity index (χ3n) is 3.16. The number of sulfonamides is 1. The van der Waals surface area contributed by atoms with Crippen LogP contribution in [0.15, 0.2) is 17.2 Å². The summed E-state index contributed by atoms with van der Waals surface area (Å²) in [4.78, 5) is 13.8. The third kappa shape index (κ3) is 3.01. The SMILES string of the molecule is Cn1cc(S(N)(=O)=O)cc1C(=O)N1CCOC(CO)C1. The lowest BCUT2D eigenvalue weighted by Gasteiger charge is -2.32. The molecule has 1 aromatic rings. The van der Waals surface area contributed by atoms with Gasteiger partial charge in [-0.2, -0.15) is 0 Å². The van der Waals surface area contributed by atoms with Crippen LogP contribution in [0, 0.1) is 0 Å². The zero-order chi connectivity index (χ0) is 14.9. The number of aliphatic hydroxyl groups is 1. The van der Waals surface area contributed by atoms with Gasteiger partial charge in [-0.3, -0.25) is 4.79 Å². The number of hydrogen-bond donors (Lipinski definition) is 2. The van der Waals surface area contributed by atoms with Gasteiger partial charge in [-0.05, 0) is 6.07 Å². The summed E-state index contributed by atoms with van der Waals surface area (Å²) in [6, 6.07) is 1.25. The van der Waals surface area contributed by atoms with Crippen LogP contribution < -0.4 is 5.14 Å². The predicted molar refractivity (Wildman–Crippen MR) is 69.5 cm³/mol. The van der Waals surface area contributed by atoms with E-state index in [4.69, 9.17) is 15.0 Å². The van der Waals surface area contributed by atoms with Crippen molar-refractivity contribution in [2.45, 2.75) is 11.0 Å². The molecule has 1 amide bonds. The second-order valence-corrected chi connectivity index (χ2v) is 6.20. The average molecular weight is 303 g/mol. The Morgan fingerprint density at radius 1 is 1.60 bits per heavy atom. The number of carbonyl (C=O) groups excluding carboxylic acids is 1. The molecule has 0 bridgehead atoms. The second kappa shape index (κ2) is 5.52. The molecule has 0 aromatic carbocycles. The number of primary sulfonamides is 1. The molecule has 0 radical (unpaired) electrons. The molecular weight excluding hydrogens is 286 g/mol. The molecule has 3 N–H and O–H groups in total. The van der Waals surface area contributed by atoms with Crippen LogP contribution in [-0.4, -0.2) is 61.3 Å². The molecule has 8 nitrogen and oxygen atoms in total. The van der Waals surface area contributed by atoms with Gasteiger partial charge in [0.1, 0.15) is 10.6 Å². The number of nitrogens with zero attached hydrogens (tertiary/aromatic N) is 2. The molecule has 1 unspecified atom stereocenters. The van der Waals surface area contributed by atoms with E-state index < -0.39 is 16.1 Å². The highest BCUT2D eigenvalue weighted by Crippen LogP contribution is 2.15. The fourth-order valence-corrected chi connectivity index (χ4v) is 2.66. The van der Waals surface area contributed by atoms with E-state index in [0.29, 0.717) is 13.2 Å². The number of aryl methyl sites for hydroxylation is 1. The van der Waals surface area contributed by atoms with Crippen LogP contribution in [0.2, 0.25) is 0 Å². The Balaban J connectivity index is 2.23. The molecule has 1 aromatic heterocycles. The van der Waals surface area contributed by atoms with Gasteiger partial charge in [0.05, 0.1) is 19.3 Å². The highest BCUT2D eigenvalue weighted by atomic mass is 32.2. The van der Waals surface area contributed by atoms with Crippen LogP contribution in [0.1, 0.15) is 10.5 Å². The summed E-state index contributed by atoms with van der Waals surface area (Å²) < 4.78 is 29.3. The summed E-state index contributed by atoms with van der Waals surface area (Å²) in [6.45, 7) is 0.833. The van der Waals surface area contributed by atoms with E-state index in [1.54, 1.807) is 7.05 Å². The first-order valence-electron chi connectivity index (χ1n) is 6.04. The Morgan fingerprint density at radius 2 is 2.30 bits per heavy atom. The van der Waals surface area contributed by atoms with Crippen molar-refractivity contribution in [3.05, 3.63) is 18.0 Å². The Morgan fingerprint density at radius 3 is 2.85 bits per heavy atom. The van der Waals surface area contributed by atoms with Crippen molar-refractivity contribution in [3.8, 4) is 0 Å². The number of rotatable bonds is 3. The average Bonchev–Trinajstić information content (AvgIpc) is 2.80.